The molecule has 2 nitrogen and oxygen atoms in total. The lowest BCUT2D eigenvalue weighted by Crippen LogP contribution is -2.37. The molecule has 2 unspecified atom stereocenters. The van der Waals surface area contributed by atoms with Gasteiger partial charge in [0.25, 0.3) is 0 Å². The molecule has 1 N–H and O–H groups in total. The molecule has 0 amide bonds. The molecule has 2 aromatic carbocycles. The van der Waals surface area contributed by atoms with Crippen LogP contribution in [0.5, 0.6) is 0 Å². The summed E-state index contributed by atoms with van der Waals surface area (Å²) in [6, 6.07) is 13.3. The summed E-state index contributed by atoms with van der Waals surface area (Å²) in [7, 11) is 0. The van der Waals surface area contributed by atoms with Gasteiger partial charge in [-0.05, 0) is 85.9 Å². The summed E-state index contributed by atoms with van der Waals surface area (Å²) in [6.07, 6.45) is 4.07. The number of aliphatic hydroxyl groups is 1. The van der Waals surface area contributed by atoms with Crippen molar-refractivity contribution in [3.8, 4) is 0 Å². The minimum absolute atomic E-state index is 0.173. The molecule has 0 saturated carbocycles. The van der Waals surface area contributed by atoms with Crippen LogP contribution in [0, 0.1) is 11.7 Å². The number of hydrogen-bond acceptors (Lipinski definition) is 2. The third kappa shape index (κ3) is 4.21. The Morgan fingerprint density at radius 2 is 1.74 bits per heavy atom. The van der Waals surface area contributed by atoms with Crippen LogP contribution in [0.2, 0.25) is 5.02 Å². The topological polar surface area (TPSA) is 23.5 Å². The predicted octanol–water partition coefficient (Wildman–Crippen LogP) is 5.34. The summed E-state index contributed by atoms with van der Waals surface area (Å²) in [5.74, 6) is 0.768. The molecule has 0 radical (unpaired) electrons. The fourth-order valence-electron chi connectivity index (χ4n) is 4.82. The number of likely N-dealkylation sites (tertiary alicyclic amines) is 1. The van der Waals surface area contributed by atoms with Gasteiger partial charge in [0, 0.05) is 11.6 Å². The Labute approximate surface area is 166 Å². The van der Waals surface area contributed by atoms with E-state index in [9.17, 15) is 9.50 Å². The van der Waals surface area contributed by atoms with Crippen molar-refractivity contribution in [2.75, 3.05) is 19.6 Å². The van der Waals surface area contributed by atoms with E-state index in [2.05, 4.69) is 17.0 Å². The number of nitrogens with zero attached hydrogens (tertiary/aromatic N) is 1. The van der Waals surface area contributed by atoms with E-state index >= 15 is 0 Å². The number of halogens is 2. The number of rotatable bonds is 3. The van der Waals surface area contributed by atoms with Crippen molar-refractivity contribution in [1.82, 2.24) is 4.90 Å². The van der Waals surface area contributed by atoms with E-state index in [0.29, 0.717) is 17.4 Å². The number of fused-ring (bicyclic) bond motifs is 1. The maximum Gasteiger partial charge on any atom is 0.126 e. The van der Waals surface area contributed by atoms with Gasteiger partial charge in [0.15, 0.2) is 0 Å². The van der Waals surface area contributed by atoms with E-state index in [-0.39, 0.29) is 5.82 Å². The average molecular weight is 388 g/mol. The molecule has 27 heavy (non-hydrogen) atoms. The van der Waals surface area contributed by atoms with Crippen LogP contribution >= 0.6 is 11.6 Å². The van der Waals surface area contributed by atoms with Crippen molar-refractivity contribution >= 4 is 11.6 Å². The lowest BCUT2D eigenvalue weighted by Gasteiger charge is -2.35. The van der Waals surface area contributed by atoms with Gasteiger partial charge >= 0.3 is 0 Å². The molecule has 1 aliphatic heterocycles. The van der Waals surface area contributed by atoms with E-state index in [1.165, 1.54) is 11.6 Å². The van der Waals surface area contributed by atoms with E-state index < -0.39 is 6.10 Å². The standard InChI is InChI=1S/C23H27ClFNO/c24-21-6-2-1-4-18(21)17-10-12-26(13-11-17)15-16-8-9-19-20(23(27)14-16)5-3-7-22(19)25/h1-7,16-17,23,27H,8-15H2. The first-order valence-corrected chi connectivity index (χ1v) is 10.4. The SMILES string of the molecule is OC1CC(CN2CCC(c3ccccc3Cl)CC2)CCc2c(F)cccc21. The second-order valence-electron chi connectivity index (χ2n) is 8.06. The van der Waals surface area contributed by atoms with Crippen LogP contribution in [-0.4, -0.2) is 29.6 Å². The fraction of sp³-hybridized carbons (Fsp3) is 0.478. The minimum atomic E-state index is -0.552. The van der Waals surface area contributed by atoms with Crippen molar-refractivity contribution < 1.29 is 9.50 Å². The van der Waals surface area contributed by atoms with E-state index in [1.807, 2.05) is 18.2 Å². The molecule has 1 saturated heterocycles. The summed E-state index contributed by atoms with van der Waals surface area (Å²) >= 11 is 6.37. The largest absolute Gasteiger partial charge is 0.388 e. The van der Waals surface area contributed by atoms with Gasteiger partial charge in [-0.3, -0.25) is 0 Å². The predicted molar refractivity (Wildman–Crippen MR) is 108 cm³/mol. The van der Waals surface area contributed by atoms with Crippen LogP contribution in [0.3, 0.4) is 0 Å². The Morgan fingerprint density at radius 3 is 2.52 bits per heavy atom. The van der Waals surface area contributed by atoms with Crippen molar-refractivity contribution in [1.29, 1.82) is 0 Å². The van der Waals surface area contributed by atoms with Crippen LogP contribution in [-0.2, 0) is 6.42 Å². The van der Waals surface area contributed by atoms with Gasteiger partial charge < -0.3 is 10.0 Å². The maximum absolute atomic E-state index is 14.1. The quantitative estimate of drug-likeness (QED) is 0.718. The number of hydrogen-bond donors (Lipinski definition) is 1. The van der Waals surface area contributed by atoms with Gasteiger partial charge in [0.05, 0.1) is 6.10 Å². The van der Waals surface area contributed by atoms with E-state index in [0.717, 1.165) is 62.3 Å². The van der Waals surface area contributed by atoms with Gasteiger partial charge in [-0.1, -0.05) is 41.9 Å². The van der Waals surface area contributed by atoms with Gasteiger partial charge in [-0.2, -0.15) is 0 Å². The lowest BCUT2D eigenvalue weighted by molar-refractivity contribution is 0.117. The smallest absolute Gasteiger partial charge is 0.126 e. The van der Waals surface area contributed by atoms with E-state index in [4.69, 9.17) is 11.6 Å². The Kier molecular flexibility index (Phi) is 5.82. The van der Waals surface area contributed by atoms with Crippen molar-refractivity contribution in [2.45, 2.75) is 44.1 Å². The summed E-state index contributed by atoms with van der Waals surface area (Å²) in [5.41, 5.74) is 2.77. The molecule has 1 heterocycles. The molecule has 144 valence electrons. The lowest BCUT2D eigenvalue weighted by atomic mass is 9.88. The molecule has 4 rings (SSSR count). The summed E-state index contributed by atoms with van der Waals surface area (Å²) < 4.78 is 14.1. The number of benzene rings is 2. The molecular formula is C23H27ClFNO. The Bertz CT molecular complexity index is 788. The van der Waals surface area contributed by atoms with E-state index in [1.54, 1.807) is 6.07 Å². The molecule has 0 aromatic heterocycles. The molecule has 0 spiro atoms. The van der Waals surface area contributed by atoms with Crippen molar-refractivity contribution in [3.05, 3.63) is 70.0 Å². The summed E-state index contributed by atoms with van der Waals surface area (Å²) in [4.78, 5) is 2.51. The molecule has 1 fully saturated rings. The van der Waals surface area contributed by atoms with Gasteiger partial charge in [0.2, 0.25) is 0 Å². The Balaban J connectivity index is 1.35. The zero-order chi connectivity index (χ0) is 18.8. The second-order valence-corrected chi connectivity index (χ2v) is 8.47. The maximum atomic E-state index is 14.1. The molecular weight excluding hydrogens is 361 g/mol. The molecule has 1 aliphatic carbocycles. The summed E-state index contributed by atoms with van der Waals surface area (Å²) in [5, 5.41) is 11.5. The second kappa shape index (κ2) is 8.30. The minimum Gasteiger partial charge on any atom is -0.388 e. The molecule has 2 atom stereocenters. The van der Waals surface area contributed by atoms with Crippen LogP contribution in [0.15, 0.2) is 42.5 Å². The first kappa shape index (κ1) is 18.9. The van der Waals surface area contributed by atoms with Gasteiger partial charge in [-0.15, -0.1) is 0 Å². The highest BCUT2D eigenvalue weighted by Crippen LogP contribution is 2.36. The Morgan fingerprint density at radius 1 is 1.00 bits per heavy atom. The fourth-order valence-corrected chi connectivity index (χ4v) is 5.11. The third-order valence-corrected chi connectivity index (χ3v) is 6.67. The Hall–Kier alpha value is -1.42. The zero-order valence-electron chi connectivity index (χ0n) is 15.6. The summed E-state index contributed by atoms with van der Waals surface area (Å²) in [6.45, 7) is 3.11. The molecule has 4 heteroatoms. The number of aliphatic hydroxyl groups excluding tert-OH is 1. The first-order valence-electron chi connectivity index (χ1n) is 10.0. The monoisotopic (exact) mass is 387 g/mol. The highest BCUT2D eigenvalue weighted by atomic mass is 35.5. The normalized spacial score (nSPS) is 24.4. The highest BCUT2D eigenvalue weighted by Gasteiger charge is 2.28. The van der Waals surface area contributed by atoms with Crippen LogP contribution in [0.25, 0.3) is 0 Å². The van der Waals surface area contributed by atoms with Crippen LogP contribution in [0.4, 0.5) is 4.39 Å². The van der Waals surface area contributed by atoms with Crippen LogP contribution < -0.4 is 0 Å². The first-order chi connectivity index (χ1) is 13.1. The molecule has 2 aromatic rings. The third-order valence-electron chi connectivity index (χ3n) is 6.32. The van der Waals surface area contributed by atoms with Crippen molar-refractivity contribution in [3.63, 3.8) is 0 Å². The van der Waals surface area contributed by atoms with Gasteiger partial charge in [0.1, 0.15) is 5.82 Å². The van der Waals surface area contributed by atoms with Crippen LogP contribution in [0.1, 0.15) is 54.4 Å². The highest BCUT2D eigenvalue weighted by molar-refractivity contribution is 6.31. The number of piperidine rings is 1. The van der Waals surface area contributed by atoms with Gasteiger partial charge in [-0.25, -0.2) is 4.39 Å². The average Bonchev–Trinajstić information content (AvgIpc) is 2.83. The van der Waals surface area contributed by atoms with Crippen molar-refractivity contribution in [2.24, 2.45) is 5.92 Å². The zero-order valence-corrected chi connectivity index (χ0v) is 16.3. The molecule has 2 aliphatic rings. The molecule has 0 bridgehead atoms.